The first-order valence-electron chi connectivity index (χ1n) is 16.7. The molecule has 0 bridgehead atoms. The lowest BCUT2D eigenvalue weighted by Crippen LogP contribution is -2.55. The molecule has 2 aromatic carbocycles. The molecule has 0 spiro atoms. The number of carbonyl (C=O) groups excluding carboxylic acids is 3. The van der Waals surface area contributed by atoms with Crippen molar-refractivity contribution in [3.05, 3.63) is 90.1 Å². The quantitative estimate of drug-likeness (QED) is 0.215. The van der Waals surface area contributed by atoms with Crippen LogP contribution < -0.4 is 16.1 Å². The van der Waals surface area contributed by atoms with E-state index in [2.05, 4.69) is 44.8 Å². The Labute approximate surface area is 293 Å². The van der Waals surface area contributed by atoms with Crippen LogP contribution in [0.2, 0.25) is 0 Å². The zero-order chi connectivity index (χ0) is 36.1. The van der Waals surface area contributed by atoms with Crippen molar-refractivity contribution in [2.24, 2.45) is 11.3 Å². The third kappa shape index (κ3) is 11.8. The maximum absolute atomic E-state index is 12.9. The summed E-state index contributed by atoms with van der Waals surface area (Å²) in [7, 11) is 1.22. The molecule has 2 aliphatic heterocycles. The minimum Gasteiger partial charge on any atom is -0.453 e. The van der Waals surface area contributed by atoms with E-state index >= 15 is 0 Å². The van der Waals surface area contributed by atoms with Crippen LogP contribution in [0.1, 0.15) is 38.3 Å². The van der Waals surface area contributed by atoms with Gasteiger partial charge in [-0.15, -0.1) is 0 Å². The highest BCUT2D eigenvalue weighted by Gasteiger charge is 2.44. The van der Waals surface area contributed by atoms with Crippen molar-refractivity contribution in [1.29, 1.82) is 0 Å². The summed E-state index contributed by atoms with van der Waals surface area (Å²) in [6, 6.07) is 22.7. The highest BCUT2D eigenvalue weighted by atomic mass is 16.7. The second kappa shape index (κ2) is 18.4. The fourth-order valence-corrected chi connectivity index (χ4v) is 5.55. The maximum atomic E-state index is 12.9. The van der Waals surface area contributed by atoms with Gasteiger partial charge in [0.05, 0.1) is 38.0 Å². The number of alkyl carbamates (subject to hydrolysis) is 1. The zero-order valence-corrected chi connectivity index (χ0v) is 29.3. The first kappa shape index (κ1) is 38.2. The normalized spacial score (nSPS) is 19.3. The van der Waals surface area contributed by atoms with E-state index in [4.69, 9.17) is 14.2 Å². The number of aromatic nitrogens is 1. The van der Waals surface area contributed by atoms with Gasteiger partial charge in [-0.2, -0.15) is 0 Å². The molecule has 50 heavy (non-hydrogen) atoms. The summed E-state index contributed by atoms with van der Waals surface area (Å²) in [5.74, 6) is -0.496. The molecule has 0 radical (unpaired) electrons. The number of amides is 3. The van der Waals surface area contributed by atoms with Crippen molar-refractivity contribution in [1.82, 2.24) is 26.1 Å². The van der Waals surface area contributed by atoms with Crippen LogP contribution in [0.5, 0.6) is 0 Å². The number of hydrogen-bond donors (Lipinski definition) is 4. The number of methoxy groups -OCH3 is 1. The first-order chi connectivity index (χ1) is 23.9. The molecule has 3 heterocycles. The number of fused-ring (bicyclic) bond motifs is 1. The Morgan fingerprint density at radius 1 is 1.00 bits per heavy atom. The van der Waals surface area contributed by atoms with Crippen molar-refractivity contribution in [2.45, 2.75) is 65.2 Å². The Morgan fingerprint density at radius 3 is 2.34 bits per heavy atom. The van der Waals surface area contributed by atoms with Gasteiger partial charge in [-0.3, -0.25) is 15.2 Å². The highest BCUT2D eigenvalue weighted by molar-refractivity contribution is 5.86. The van der Waals surface area contributed by atoms with Crippen molar-refractivity contribution >= 4 is 18.1 Å². The molecule has 5 rings (SSSR count). The van der Waals surface area contributed by atoms with Gasteiger partial charge in [-0.1, -0.05) is 87.0 Å². The summed E-state index contributed by atoms with van der Waals surface area (Å²) in [6.07, 6.45) is -0.813. The van der Waals surface area contributed by atoms with Crippen LogP contribution in [-0.4, -0.2) is 91.1 Å². The third-order valence-corrected chi connectivity index (χ3v) is 8.24. The topological polar surface area (TPSA) is 161 Å². The van der Waals surface area contributed by atoms with Crippen LogP contribution in [-0.2, 0) is 30.3 Å². The lowest BCUT2D eigenvalue weighted by molar-refractivity contribution is -0.126. The van der Waals surface area contributed by atoms with Crippen LogP contribution in [0.4, 0.5) is 9.59 Å². The molecule has 3 amide bonds. The van der Waals surface area contributed by atoms with E-state index in [1.807, 2.05) is 60.7 Å². The minimum absolute atomic E-state index is 0.0199. The molecule has 13 nitrogen and oxygen atoms in total. The largest absolute Gasteiger partial charge is 0.453 e. The average molecular weight is 692 g/mol. The van der Waals surface area contributed by atoms with Gasteiger partial charge in [-0.05, 0) is 36.5 Å². The maximum Gasteiger partial charge on any atom is 0.422 e. The third-order valence-electron chi connectivity index (χ3n) is 8.24. The van der Waals surface area contributed by atoms with Gasteiger partial charge in [0.15, 0.2) is 6.29 Å². The monoisotopic (exact) mass is 691 g/mol. The molecule has 2 fully saturated rings. The molecule has 4 N–H and O–H groups in total. The number of nitrogens with zero attached hydrogens (tertiary/aromatic N) is 2. The Balaban J connectivity index is 0.000000714. The molecule has 0 saturated carbocycles. The second-order valence-corrected chi connectivity index (χ2v) is 13.4. The van der Waals surface area contributed by atoms with Gasteiger partial charge in [0.2, 0.25) is 5.91 Å². The first-order valence-corrected chi connectivity index (χ1v) is 16.7. The number of benzene rings is 2. The smallest absolute Gasteiger partial charge is 0.422 e. The van der Waals surface area contributed by atoms with Crippen LogP contribution in [0.15, 0.2) is 79.0 Å². The van der Waals surface area contributed by atoms with Crippen LogP contribution >= 0.6 is 0 Å². The Kier molecular flexibility index (Phi) is 14.1. The SMILES string of the molecule is COC(=O)NC(C(=O)NCC(O)CN(Cc1ccc(-c2ccccn2)cc1)NC(=O)OC1COC2OCCC12)C(C)(C)C.Cc1ccccc1. The lowest BCUT2D eigenvalue weighted by Gasteiger charge is -2.30. The number of aliphatic hydroxyl groups is 1. The molecule has 5 unspecified atom stereocenters. The second-order valence-electron chi connectivity index (χ2n) is 13.4. The van der Waals surface area contributed by atoms with E-state index in [1.54, 1.807) is 27.0 Å². The van der Waals surface area contributed by atoms with Crippen LogP contribution in [0, 0.1) is 18.3 Å². The standard InChI is InChI=1S/C30H41N5O8.C7H8/c1-30(2,3)25(33-28(38)40-4)26(37)32-15-21(36)17-35(34-29(39)43-24-18-42-27-22(24)12-14-41-27)16-19-8-10-20(11-9-19)23-7-5-6-13-31-23;1-7-5-3-2-4-6-7/h5-11,13,21-22,24-25,27,36H,12,14-18H2,1-4H3,(H,32,37)(H,33,38)(H,34,39);2-6H,1H3. The molecule has 270 valence electrons. The van der Waals surface area contributed by atoms with Gasteiger partial charge in [0.25, 0.3) is 0 Å². The van der Waals surface area contributed by atoms with Gasteiger partial charge in [-0.25, -0.2) is 14.6 Å². The number of rotatable bonds is 11. The lowest BCUT2D eigenvalue weighted by atomic mass is 9.86. The summed E-state index contributed by atoms with van der Waals surface area (Å²) in [6.45, 7) is 8.38. The zero-order valence-electron chi connectivity index (χ0n) is 29.3. The Hall–Kier alpha value is -4.56. The van der Waals surface area contributed by atoms with Crippen LogP contribution in [0.25, 0.3) is 11.3 Å². The van der Waals surface area contributed by atoms with Crippen LogP contribution in [0.3, 0.4) is 0 Å². The molecule has 0 aliphatic carbocycles. The Bertz CT molecular complexity index is 1500. The fourth-order valence-electron chi connectivity index (χ4n) is 5.55. The number of carbonyl (C=O) groups is 3. The molecule has 13 heteroatoms. The van der Waals surface area contributed by atoms with Crippen molar-refractivity contribution in [3.8, 4) is 11.3 Å². The number of aliphatic hydroxyl groups excluding tert-OH is 1. The minimum atomic E-state index is -1.07. The molecular formula is C37H49N5O8. The summed E-state index contributed by atoms with van der Waals surface area (Å²) < 4.78 is 21.4. The molecule has 2 aliphatic rings. The number of nitrogens with one attached hydrogen (secondary N) is 3. The summed E-state index contributed by atoms with van der Waals surface area (Å²) >= 11 is 0. The number of hydrazine groups is 1. The van der Waals surface area contributed by atoms with Crippen molar-refractivity contribution < 1.29 is 38.4 Å². The van der Waals surface area contributed by atoms with Gasteiger partial charge in [0.1, 0.15) is 12.1 Å². The van der Waals surface area contributed by atoms with E-state index < -0.39 is 41.8 Å². The molecule has 1 aromatic heterocycles. The highest BCUT2D eigenvalue weighted by Crippen LogP contribution is 2.33. The van der Waals surface area contributed by atoms with E-state index in [-0.39, 0.29) is 38.4 Å². The molecule has 2 saturated heterocycles. The predicted octanol–water partition coefficient (Wildman–Crippen LogP) is 4.20. The predicted molar refractivity (Wildman–Crippen MR) is 186 cm³/mol. The fraction of sp³-hybridized carbons (Fsp3) is 0.459. The van der Waals surface area contributed by atoms with Crippen molar-refractivity contribution in [3.63, 3.8) is 0 Å². The van der Waals surface area contributed by atoms with E-state index in [0.717, 1.165) is 23.2 Å². The number of pyridine rings is 1. The number of ether oxygens (including phenoxy) is 4. The van der Waals surface area contributed by atoms with E-state index in [0.29, 0.717) is 6.61 Å². The summed E-state index contributed by atoms with van der Waals surface area (Å²) in [4.78, 5) is 42.0. The summed E-state index contributed by atoms with van der Waals surface area (Å²) in [5, 5.41) is 17.6. The number of aryl methyl sites for hydroxylation is 1. The van der Waals surface area contributed by atoms with Gasteiger partial charge >= 0.3 is 12.2 Å². The average Bonchev–Trinajstić information content (AvgIpc) is 3.72. The van der Waals surface area contributed by atoms with Gasteiger partial charge < -0.3 is 34.7 Å². The molecule has 3 aromatic rings. The van der Waals surface area contributed by atoms with E-state index in [9.17, 15) is 19.5 Å². The molecular weight excluding hydrogens is 642 g/mol. The Morgan fingerprint density at radius 2 is 1.72 bits per heavy atom. The summed E-state index contributed by atoms with van der Waals surface area (Å²) in [5.41, 5.74) is 6.08. The molecule has 5 atom stereocenters. The van der Waals surface area contributed by atoms with E-state index in [1.165, 1.54) is 17.7 Å². The van der Waals surface area contributed by atoms with Gasteiger partial charge in [0, 0.05) is 31.4 Å². The number of hydrogen-bond acceptors (Lipinski definition) is 10. The van der Waals surface area contributed by atoms with Crippen molar-refractivity contribution in [2.75, 3.05) is 33.4 Å².